The Hall–Kier alpha value is -9.54. The molecular formula is C64H40BF3N6. The predicted octanol–water partition coefficient (Wildman–Crippen LogP) is 14.7. The fraction of sp³-hybridized carbons (Fsp3) is 0.0156. The molecule has 0 amide bonds. The van der Waals surface area contributed by atoms with Gasteiger partial charge in [0.1, 0.15) is 0 Å². The number of halogens is 3. The maximum atomic E-state index is 15.0. The molecule has 0 saturated heterocycles. The molecule has 0 radical (unpaired) electrons. The highest BCUT2D eigenvalue weighted by atomic mass is 19.4. The van der Waals surface area contributed by atoms with Gasteiger partial charge in [0.2, 0.25) is 0 Å². The summed E-state index contributed by atoms with van der Waals surface area (Å²) >= 11 is 0. The van der Waals surface area contributed by atoms with Crippen molar-refractivity contribution in [1.82, 2.24) is 19.5 Å². The van der Waals surface area contributed by atoms with Crippen LogP contribution in [-0.2, 0) is 6.18 Å². The van der Waals surface area contributed by atoms with Gasteiger partial charge < -0.3 is 14.4 Å². The molecule has 10 aromatic carbocycles. The van der Waals surface area contributed by atoms with Crippen molar-refractivity contribution in [3.05, 3.63) is 248 Å². The number of alkyl halides is 3. The zero-order valence-corrected chi connectivity index (χ0v) is 39.5. The predicted molar refractivity (Wildman–Crippen MR) is 295 cm³/mol. The highest BCUT2D eigenvalue weighted by molar-refractivity contribution is 7.00. The SMILES string of the molecule is FC(F)(F)c1ccc(-c2nc(-c3ccccc3)nc(-c3ccccc3)n2)c(-n2c3ccccc3c3cc(-c4cc5c6c(c4)N(c4ccccc4)c4ccccc4B6c4ccccc4N5c4ccccc4)ccc32)c1. The Bertz CT molecular complexity index is 3980. The first kappa shape index (κ1) is 43.3. The molecule has 0 N–H and O–H groups in total. The minimum atomic E-state index is -4.63. The third kappa shape index (κ3) is 7.01. The van der Waals surface area contributed by atoms with Gasteiger partial charge in [-0.2, -0.15) is 13.2 Å². The third-order valence-electron chi connectivity index (χ3n) is 14.4. The van der Waals surface area contributed by atoms with Gasteiger partial charge in [0.05, 0.1) is 22.3 Å². The van der Waals surface area contributed by atoms with Crippen molar-refractivity contribution in [2.24, 2.45) is 0 Å². The van der Waals surface area contributed by atoms with Crippen molar-refractivity contribution >= 4 is 79.0 Å². The highest BCUT2D eigenvalue weighted by Gasteiger charge is 2.43. The standard InChI is InChI=1S/C64H40BF3N6/c66-64(67,68)45-34-35-49(63-70-61(41-19-5-1-6-20-41)69-62(71-63)42-21-7-2-8-22-42)57(40-45)74-53-30-16-13-27-48(53)50-37-43(33-36-54(50)74)44-38-58-60-59(39-44)73(47-25-11-4-12-26-47)56-32-18-15-29-52(56)65(60)51-28-14-17-31-55(51)72(58)46-23-9-3-10-24-46/h1-40H. The van der Waals surface area contributed by atoms with Crippen LogP contribution in [0.25, 0.3) is 72.8 Å². The smallest absolute Gasteiger partial charge is 0.311 e. The molecule has 74 heavy (non-hydrogen) atoms. The first-order valence-electron chi connectivity index (χ1n) is 24.5. The van der Waals surface area contributed by atoms with Crippen LogP contribution >= 0.6 is 0 Å². The molecule has 0 saturated carbocycles. The van der Waals surface area contributed by atoms with E-state index in [2.05, 4.69) is 131 Å². The van der Waals surface area contributed by atoms with Crippen LogP contribution in [0.3, 0.4) is 0 Å². The summed E-state index contributed by atoms with van der Waals surface area (Å²) in [4.78, 5) is 19.7. The lowest BCUT2D eigenvalue weighted by molar-refractivity contribution is -0.137. The summed E-state index contributed by atoms with van der Waals surface area (Å²) in [6, 6.07) is 80.3. The summed E-state index contributed by atoms with van der Waals surface area (Å²) in [6.45, 7) is -0.0413. The largest absolute Gasteiger partial charge is 0.416 e. The van der Waals surface area contributed by atoms with Gasteiger partial charge in [-0.15, -0.1) is 0 Å². The number of rotatable bonds is 7. The summed E-state index contributed by atoms with van der Waals surface area (Å²) in [5.41, 5.74) is 15.0. The van der Waals surface area contributed by atoms with Crippen molar-refractivity contribution in [3.63, 3.8) is 0 Å². The summed E-state index contributed by atoms with van der Waals surface area (Å²) < 4.78 is 46.8. The number of hydrogen-bond donors (Lipinski definition) is 0. The molecule has 14 rings (SSSR count). The minimum Gasteiger partial charge on any atom is -0.311 e. The first-order valence-corrected chi connectivity index (χ1v) is 24.5. The van der Waals surface area contributed by atoms with Crippen LogP contribution < -0.4 is 26.2 Å². The van der Waals surface area contributed by atoms with Crippen molar-refractivity contribution in [3.8, 4) is 51.0 Å². The van der Waals surface area contributed by atoms with E-state index in [9.17, 15) is 13.2 Å². The second kappa shape index (κ2) is 17.1. The molecule has 0 spiro atoms. The molecule has 12 aromatic rings. The van der Waals surface area contributed by atoms with Crippen LogP contribution in [0.2, 0.25) is 0 Å². The maximum absolute atomic E-state index is 15.0. The molecule has 0 aliphatic carbocycles. The topological polar surface area (TPSA) is 50.1 Å². The van der Waals surface area contributed by atoms with E-state index in [-0.39, 0.29) is 12.5 Å². The zero-order chi connectivity index (χ0) is 49.5. The van der Waals surface area contributed by atoms with Gasteiger partial charge in [-0.3, -0.25) is 0 Å². The fourth-order valence-corrected chi connectivity index (χ4v) is 11.2. The fourth-order valence-electron chi connectivity index (χ4n) is 11.2. The highest BCUT2D eigenvalue weighted by Crippen LogP contribution is 2.47. The molecule has 4 heterocycles. The van der Waals surface area contributed by atoms with Crippen LogP contribution in [-0.4, -0.2) is 26.2 Å². The van der Waals surface area contributed by atoms with E-state index in [4.69, 9.17) is 15.0 Å². The van der Waals surface area contributed by atoms with Gasteiger partial charge in [-0.05, 0) is 112 Å². The Morgan fingerprint density at radius 2 is 0.838 bits per heavy atom. The monoisotopic (exact) mass is 960 g/mol. The Labute approximate surface area is 425 Å². The van der Waals surface area contributed by atoms with Gasteiger partial charge in [-0.1, -0.05) is 158 Å². The maximum Gasteiger partial charge on any atom is 0.416 e. The average Bonchev–Trinajstić information content (AvgIpc) is 3.87. The molecule has 0 atom stereocenters. The minimum absolute atomic E-state index is 0.0413. The number of anilines is 6. The number of nitrogens with zero attached hydrogens (tertiary/aromatic N) is 6. The molecule has 2 aliphatic rings. The van der Waals surface area contributed by atoms with E-state index in [1.54, 1.807) is 0 Å². The van der Waals surface area contributed by atoms with Crippen LogP contribution in [0.15, 0.2) is 243 Å². The number of fused-ring (bicyclic) bond motifs is 7. The molecule has 0 unspecified atom stereocenters. The molecule has 10 heteroatoms. The molecule has 0 fully saturated rings. The van der Waals surface area contributed by atoms with Gasteiger partial charge in [0.25, 0.3) is 6.71 Å². The zero-order valence-electron chi connectivity index (χ0n) is 39.5. The van der Waals surface area contributed by atoms with Crippen LogP contribution in [0.5, 0.6) is 0 Å². The summed E-state index contributed by atoms with van der Waals surface area (Å²) in [6.07, 6.45) is -4.63. The molecular weight excluding hydrogens is 921 g/mol. The van der Waals surface area contributed by atoms with E-state index < -0.39 is 11.7 Å². The molecule has 2 aliphatic heterocycles. The Balaban J connectivity index is 1.01. The Kier molecular flexibility index (Phi) is 9.98. The second-order valence-corrected chi connectivity index (χ2v) is 18.7. The van der Waals surface area contributed by atoms with Gasteiger partial charge >= 0.3 is 6.18 Å². The number of aromatic nitrogens is 4. The van der Waals surface area contributed by atoms with Crippen molar-refractivity contribution in [2.75, 3.05) is 9.80 Å². The van der Waals surface area contributed by atoms with Crippen LogP contribution in [0, 0.1) is 0 Å². The molecule has 0 bridgehead atoms. The van der Waals surface area contributed by atoms with E-state index in [1.807, 2.05) is 108 Å². The summed E-state index contributed by atoms with van der Waals surface area (Å²) in [7, 11) is 0. The number of para-hydroxylation sites is 5. The lowest BCUT2D eigenvalue weighted by Crippen LogP contribution is -2.61. The van der Waals surface area contributed by atoms with Gasteiger partial charge in [0, 0.05) is 61.6 Å². The summed E-state index contributed by atoms with van der Waals surface area (Å²) in [5.74, 6) is 1.07. The van der Waals surface area contributed by atoms with Crippen LogP contribution in [0.1, 0.15) is 5.56 Å². The lowest BCUT2D eigenvalue weighted by atomic mass is 9.33. The lowest BCUT2D eigenvalue weighted by Gasteiger charge is -2.44. The number of benzene rings is 10. The first-order chi connectivity index (χ1) is 36.4. The average molecular weight is 961 g/mol. The van der Waals surface area contributed by atoms with Crippen LogP contribution in [0.4, 0.5) is 47.3 Å². The normalized spacial score (nSPS) is 12.7. The van der Waals surface area contributed by atoms with Gasteiger partial charge in [0.15, 0.2) is 17.5 Å². The summed E-state index contributed by atoms with van der Waals surface area (Å²) in [5, 5.41) is 1.77. The van der Waals surface area contributed by atoms with E-state index in [0.717, 1.165) is 84.3 Å². The van der Waals surface area contributed by atoms with E-state index in [1.165, 1.54) is 28.5 Å². The third-order valence-corrected chi connectivity index (χ3v) is 14.4. The van der Waals surface area contributed by atoms with E-state index >= 15 is 0 Å². The van der Waals surface area contributed by atoms with Crippen molar-refractivity contribution < 1.29 is 13.2 Å². The second-order valence-electron chi connectivity index (χ2n) is 18.7. The molecule has 350 valence electrons. The number of hydrogen-bond acceptors (Lipinski definition) is 5. The molecule has 6 nitrogen and oxygen atoms in total. The van der Waals surface area contributed by atoms with Crippen molar-refractivity contribution in [1.29, 1.82) is 0 Å². The van der Waals surface area contributed by atoms with Gasteiger partial charge in [-0.25, -0.2) is 15.0 Å². The quantitative estimate of drug-likeness (QED) is 0.149. The Morgan fingerprint density at radius 1 is 0.351 bits per heavy atom. The van der Waals surface area contributed by atoms with Crippen molar-refractivity contribution in [2.45, 2.75) is 6.18 Å². The Morgan fingerprint density at radius 3 is 1.41 bits per heavy atom. The molecule has 2 aromatic heterocycles. The van der Waals surface area contributed by atoms with E-state index in [0.29, 0.717) is 22.9 Å².